The van der Waals surface area contributed by atoms with E-state index in [0.717, 1.165) is 16.8 Å². The number of hydrogen-bond donors (Lipinski definition) is 0. The first kappa shape index (κ1) is 16.2. The van der Waals surface area contributed by atoms with Crippen molar-refractivity contribution in [1.29, 1.82) is 0 Å². The molecule has 0 aliphatic heterocycles. The smallest absolute Gasteiger partial charge is 0.170 e. The highest BCUT2D eigenvalue weighted by Crippen LogP contribution is 2.27. The number of benzene rings is 2. The zero-order valence-corrected chi connectivity index (χ0v) is 15.4. The molecule has 0 N–H and O–H groups in total. The molecule has 5 aromatic rings. The molecule has 2 aromatic carbocycles. The largest absolute Gasteiger partial charge is 0.216 e. The fraction of sp³-hybridized carbons (Fsp3) is 0.0526. The van der Waals surface area contributed by atoms with Gasteiger partial charge in [-0.2, -0.15) is 5.10 Å². The van der Waals surface area contributed by atoms with Crippen molar-refractivity contribution >= 4 is 39.9 Å². The summed E-state index contributed by atoms with van der Waals surface area (Å²) in [5, 5.41) is 10.9. The zero-order valence-electron chi connectivity index (χ0n) is 13.9. The van der Waals surface area contributed by atoms with Crippen molar-refractivity contribution in [2.75, 3.05) is 0 Å². The van der Waals surface area contributed by atoms with Gasteiger partial charge in [0.25, 0.3) is 0 Å². The van der Waals surface area contributed by atoms with Gasteiger partial charge >= 0.3 is 0 Å². The summed E-state index contributed by atoms with van der Waals surface area (Å²) >= 11 is 12.4. The summed E-state index contributed by atoms with van der Waals surface area (Å²) in [5.41, 5.74) is 3.17. The van der Waals surface area contributed by atoms with Gasteiger partial charge in [-0.05, 0) is 23.8 Å². The van der Waals surface area contributed by atoms with E-state index in [-0.39, 0.29) is 0 Å². The molecule has 0 atom stereocenters. The summed E-state index contributed by atoms with van der Waals surface area (Å²) < 4.78 is 3.33. The van der Waals surface area contributed by atoms with Gasteiger partial charge in [-0.15, -0.1) is 5.10 Å². The normalized spacial score (nSPS) is 11.5. The highest BCUT2D eigenvalue weighted by Gasteiger charge is 2.15. The first-order chi connectivity index (χ1) is 13.2. The molecule has 0 spiro atoms. The van der Waals surface area contributed by atoms with E-state index in [1.165, 1.54) is 0 Å². The van der Waals surface area contributed by atoms with E-state index in [1.54, 1.807) is 39.9 Å². The number of rotatable bonds is 3. The fourth-order valence-electron chi connectivity index (χ4n) is 3.04. The second-order valence-corrected chi connectivity index (χ2v) is 6.94. The lowest BCUT2D eigenvalue weighted by molar-refractivity contribution is 0.866. The van der Waals surface area contributed by atoms with Gasteiger partial charge in [0.2, 0.25) is 0 Å². The lowest BCUT2D eigenvalue weighted by atomic mass is 10.1. The highest BCUT2D eigenvalue weighted by molar-refractivity contribution is 6.34. The predicted molar refractivity (Wildman–Crippen MR) is 105 cm³/mol. The van der Waals surface area contributed by atoms with Crippen LogP contribution in [0.5, 0.6) is 0 Å². The van der Waals surface area contributed by atoms with Crippen molar-refractivity contribution < 1.29 is 0 Å². The molecular weight excluding hydrogens is 383 g/mol. The molecule has 6 nitrogen and oxygen atoms in total. The first-order valence-corrected chi connectivity index (χ1v) is 9.02. The SMILES string of the molecule is Clc1ccc(Cl)c(-n2ncc3c2ncn2nc(Cc4ccccc4)nc32)c1. The maximum atomic E-state index is 6.32. The van der Waals surface area contributed by atoms with E-state index in [1.807, 2.05) is 18.2 Å². The Bertz CT molecular complexity index is 1280. The van der Waals surface area contributed by atoms with Gasteiger partial charge in [0, 0.05) is 11.4 Å². The molecule has 0 bridgehead atoms. The van der Waals surface area contributed by atoms with Crippen molar-refractivity contribution in [3.63, 3.8) is 0 Å². The van der Waals surface area contributed by atoms with Gasteiger partial charge in [0.1, 0.15) is 6.33 Å². The molecule has 3 heterocycles. The maximum absolute atomic E-state index is 6.32. The Labute approximate surface area is 164 Å². The fourth-order valence-corrected chi connectivity index (χ4v) is 3.41. The molecule has 0 saturated heterocycles. The highest BCUT2D eigenvalue weighted by atomic mass is 35.5. The first-order valence-electron chi connectivity index (χ1n) is 8.26. The topological polar surface area (TPSA) is 60.9 Å². The van der Waals surface area contributed by atoms with Crippen molar-refractivity contribution in [3.8, 4) is 5.69 Å². The number of fused-ring (bicyclic) bond motifs is 3. The van der Waals surface area contributed by atoms with Crippen molar-refractivity contribution in [2.24, 2.45) is 0 Å². The van der Waals surface area contributed by atoms with E-state index >= 15 is 0 Å². The van der Waals surface area contributed by atoms with Crippen LogP contribution in [0.25, 0.3) is 22.4 Å². The molecule has 0 fully saturated rings. The Kier molecular flexibility index (Phi) is 3.81. The third-order valence-corrected chi connectivity index (χ3v) is 4.85. The Balaban J connectivity index is 1.64. The van der Waals surface area contributed by atoms with Crippen molar-refractivity contribution in [2.45, 2.75) is 6.42 Å². The summed E-state index contributed by atoms with van der Waals surface area (Å²) in [7, 11) is 0. The second-order valence-electron chi connectivity index (χ2n) is 6.09. The molecule has 27 heavy (non-hydrogen) atoms. The molecular formula is C19H12Cl2N6. The molecule has 0 unspecified atom stereocenters. The number of halogens is 2. The quantitative estimate of drug-likeness (QED) is 0.456. The summed E-state index contributed by atoms with van der Waals surface area (Å²) in [6, 6.07) is 15.3. The van der Waals surface area contributed by atoms with Crippen LogP contribution in [-0.2, 0) is 6.42 Å². The standard InChI is InChI=1S/C19H12Cl2N6/c20-13-6-7-15(21)16(9-13)27-18-14(10-23-27)19-24-17(25-26(19)11-22-18)8-12-4-2-1-3-5-12/h1-7,9-11H,8H2. The van der Waals surface area contributed by atoms with Crippen molar-refractivity contribution in [1.82, 2.24) is 29.4 Å². The van der Waals surface area contributed by atoms with Crippen LogP contribution < -0.4 is 0 Å². The average molecular weight is 395 g/mol. The Morgan fingerprint density at radius 2 is 1.81 bits per heavy atom. The Morgan fingerprint density at radius 3 is 2.67 bits per heavy atom. The van der Waals surface area contributed by atoms with E-state index in [0.29, 0.717) is 33.4 Å². The second kappa shape index (κ2) is 6.33. The van der Waals surface area contributed by atoms with Crippen LogP contribution >= 0.6 is 23.2 Å². The third kappa shape index (κ3) is 2.83. The maximum Gasteiger partial charge on any atom is 0.170 e. The zero-order chi connectivity index (χ0) is 18.4. The van der Waals surface area contributed by atoms with Crippen LogP contribution in [0.4, 0.5) is 0 Å². The molecule has 0 amide bonds. The minimum absolute atomic E-state index is 0.539. The van der Waals surface area contributed by atoms with E-state index in [4.69, 9.17) is 23.2 Å². The van der Waals surface area contributed by atoms with Crippen LogP contribution in [0.15, 0.2) is 61.1 Å². The van der Waals surface area contributed by atoms with Gasteiger partial charge in [0.05, 0.1) is 22.3 Å². The molecule has 0 radical (unpaired) electrons. The minimum Gasteiger partial charge on any atom is -0.216 e. The molecule has 0 aliphatic rings. The summed E-state index contributed by atoms with van der Waals surface area (Å²) in [6.07, 6.45) is 4.00. The molecule has 0 saturated carbocycles. The molecule has 0 aliphatic carbocycles. The number of nitrogens with zero attached hydrogens (tertiary/aromatic N) is 6. The van der Waals surface area contributed by atoms with Crippen LogP contribution in [0.1, 0.15) is 11.4 Å². The van der Waals surface area contributed by atoms with Gasteiger partial charge in [-0.3, -0.25) is 0 Å². The molecule has 132 valence electrons. The third-order valence-electron chi connectivity index (χ3n) is 4.29. The van der Waals surface area contributed by atoms with Crippen LogP contribution in [0.3, 0.4) is 0 Å². The molecule has 8 heteroatoms. The minimum atomic E-state index is 0.539. The number of hydrogen-bond acceptors (Lipinski definition) is 4. The van der Waals surface area contributed by atoms with E-state index in [9.17, 15) is 0 Å². The number of aromatic nitrogens is 6. The Hall–Kier alpha value is -2.96. The lowest BCUT2D eigenvalue weighted by Crippen LogP contribution is -2.00. The monoisotopic (exact) mass is 394 g/mol. The summed E-state index contributed by atoms with van der Waals surface area (Å²) in [4.78, 5) is 9.18. The summed E-state index contributed by atoms with van der Waals surface area (Å²) in [6.45, 7) is 0. The lowest BCUT2D eigenvalue weighted by Gasteiger charge is -2.05. The van der Waals surface area contributed by atoms with E-state index in [2.05, 4.69) is 32.3 Å². The van der Waals surface area contributed by atoms with E-state index < -0.39 is 0 Å². The van der Waals surface area contributed by atoms with Crippen molar-refractivity contribution in [3.05, 3.63) is 82.5 Å². The van der Waals surface area contributed by atoms with Gasteiger partial charge < -0.3 is 0 Å². The molecule has 3 aromatic heterocycles. The van der Waals surface area contributed by atoms with Gasteiger partial charge in [-0.25, -0.2) is 19.2 Å². The van der Waals surface area contributed by atoms with Crippen LogP contribution in [0, 0.1) is 0 Å². The summed E-state index contributed by atoms with van der Waals surface area (Å²) in [5.74, 6) is 0.726. The van der Waals surface area contributed by atoms with Crippen LogP contribution in [0.2, 0.25) is 10.0 Å². The molecule has 5 rings (SSSR count). The Morgan fingerprint density at radius 1 is 0.963 bits per heavy atom. The predicted octanol–water partition coefficient (Wildman–Crippen LogP) is 4.36. The van der Waals surface area contributed by atoms with Gasteiger partial charge in [0.15, 0.2) is 17.1 Å². The van der Waals surface area contributed by atoms with Crippen LogP contribution in [-0.4, -0.2) is 29.4 Å². The average Bonchev–Trinajstić information content (AvgIpc) is 3.27. The van der Waals surface area contributed by atoms with Gasteiger partial charge in [-0.1, -0.05) is 53.5 Å².